The quantitative estimate of drug-likeness (QED) is 0.730. The van der Waals surface area contributed by atoms with Crippen LogP contribution in [0.3, 0.4) is 0 Å². The minimum atomic E-state index is -0.578. The summed E-state index contributed by atoms with van der Waals surface area (Å²) in [4.78, 5) is 20.3. The van der Waals surface area contributed by atoms with E-state index in [1.807, 2.05) is 0 Å². The highest BCUT2D eigenvalue weighted by molar-refractivity contribution is 5.57. The number of nitrogens with one attached hydrogen (secondary N) is 1. The summed E-state index contributed by atoms with van der Waals surface area (Å²) >= 11 is 0. The van der Waals surface area contributed by atoms with E-state index in [0.29, 0.717) is 5.56 Å². The third-order valence-electron chi connectivity index (χ3n) is 1.72. The van der Waals surface area contributed by atoms with Crippen LogP contribution in [0, 0.1) is 5.82 Å². The summed E-state index contributed by atoms with van der Waals surface area (Å²) in [5.41, 5.74) is 0.0489. The van der Waals surface area contributed by atoms with Gasteiger partial charge in [0.05, 0.1) is 11.9 Å². The van der Waals surface area contributed by atoms with E-state index in [2.05, 4.69) is 15.0 Å². The van der Waals surface area contributed by atoms with Crippen molar-refractivity contribution in [3.05, 3.63) is 47.0 Å². The molecule has 2 aromatic rings. The molecule has 2 heterocycles. The van der Waals surface area contributed by atoms with Crippen LogP contribution in [0.2, 0.25) is 0 Å². The van der Waals surface area contributed by atoms with Gasteiger partial charge in [-0.2, -0.15) is 4.98 Å². The summed E-state index contributed by atoms with van der Waals surface area (Å²) in [7, 11) is 0. The molecule has 0 saturated heterocycles. The van der Waals surface area contributed by atoms with Gasteiger partial charge < -0.3 is 4.98 Å². The summed E-state index contributed by atoms with van der Waals surface area (Å²) in [5, 5.41) is 0. The van der Waals surface area contributed by atoms with Gasteiger partial charge in [-0.25, -0.2) is 9.18 Å². The molecule has 2 rings (SSSR count). The van der Waals surface area contributed by atoms with Crippen molar-refractivity contribution < 1.29 is 4.39 Å². The second-order valence-electron chi connectivity index (χ2n) is 2.65. The lowest BCUT2D eigenvalue weighted by Crippen LogP contribution is -2.11. The van der Waals surface area contributed by atoms with E-state index in [9.17, 15) is 9.18 Å². The van der Waals surface area contributed by atoms with E-state index >= 15 is 0 Å². The van der Waals surface area contributed by atoms with Crippen molar-refractivity contribution in [1.82, 2.24) is 15.0 Å². The molecule has 0 atom stereocenters. The highest BCUT2D eigenvalue weighted by atomic mass is 19.1. The SMILES string of the molecule is O=c1ncc(F)c(-c2cccnc2)[nH]1. The number of aromatic amines is 1. The van der Waals surface area contributed by atoms with Gasteiger partial charge in [0.2, 0.25) is 0 Å². The number of pyridine rings is 1. The third kappa shape index (κ3) is 1.52. The Morgan fingerprint density at radius 2 is 2.21 bits per heavy atom. The first-order chi connectivity index (χ1) is 6.77. The third-order valence-corrected chi connectivity index (χ3v) is 1.72. The van der Waals surface area contributed by atoms with Crippen LogP contribution in [-0.2, 0) is 0 Å². The molecule has 1 N–H and O–H groups in total. The summed E-state index contributed by atoms with van der Waals surface area (Å²) < 4.78 is 13.2. The van der Waals surface area contributed by atoms with Crippen LogP contribution in [0.25, 0.3) is 11.3 Å². The van der Waals surface area contributed by atoms with Crippen molar-refractivity contribution in [1.29, 1.82) is 0 Å². The molecule has 0 aliphatic carbocycles. The van der Waals surface area contributed by atoms with Gasteiger partial charge in [0, 0.05) is 18.0 Å². The molecule has 70 valence electrons. The monoisotopic (exact) mass is 191 g/mol. The molecule has 0 fully saturated rings. The minimum Gasteiger partial charge on any atom is -0.303 e. The molecule has 2 aromatic heterocycles. The average molecular weight is 191 g/mol. The predicted molar refractivity (Wildman–Crippen MR) is 48.0 cm³/mol. The van der Waals surface area contributed by atoms with Gasteiger partial charge in [-0.1, -0.05) is 0 Å². The zero-order valence-electron chi connectivity index (χ0n) is 7.07. The predicted octanol–water partition coefficient (Wildman–Crippen LogP) is 0.971. The smallest absolute Gasteiger partial charge is 0.303 e. The maximum atomic E-state index is 13.2. The average Bonchev–Trinajstić information content (AvgIpc) is 2.23. The fourth-order valence-corrected chi connectivity index (χ4v) is 1.10. The van der Waals surface area contributed by atoms with Crippen molar-refractivity contribution in [3.63, 3.8) is 0 Å². The van der Waals surface area contributed by atoms with Gasteiger partial charge in [0.1, 0.15) is 0 Å². The molecular formula is C9H6FN3O. The molecule has 5 heteroatoms. The van der Waals surface area contributed by atoms with Crippen molar-refractivity contribution in [2.45, 2.75) is 0 Å². The molecule has 0 radical (unpaired) electrons. The first-order valence-corrected chi connectivity index (χ1v) is 3.92. The van der Waals surface area contributed by atoms with Gasteiger partial charge in [0.25, 0.3) is 0 Å². The first kappa shape index (κ1) is 8.55. The summed E-state index contributed by atoms with van der Waals surface area (Å²) in [6.07, 6.45) is 3.93. The van der Waals surface area contributed by atoms with E-state index in [0.717, 1.165) is 6.20 Å². The van der Waals surface area contributed by atoms with Crippen molar-refractivity contribution in [2.75, 3.05) is 0 Å². The van der Waals surface area contributed by atoms with E-state index < -0.39 is 11.5 Å². The van der Waals surface area contributed by atoms with Crippen LogP contribution in [-0.4, -0.2) is 15.0 Å². The van der Waals surface area contributed by atoms with Gasteiger partial charge in [-0.3, -0.25) is 4.98 Å². The van der Waals surface area contributed by atoms with Crippen LogP contribution in [0.4, 0.5) is 4.39 Å². The molecule has 0 saturated carbocycles. The standard InChI is InChI=1S/C9H6FN3O/c10-7-5-12-9(14)13-8(7)6-2-1-3-11-4-6/h1-5H,(H,12,13,14). The molecule has 0 unspecified atom stereocenters. The highest BCUT2D eigenvalue weighted by Gasteiger charge is 2.05. The Bertz CT molecular complexity index is 495. The normalized spacial score (nSPS) is 10.1. The van der Waals surface area contributed by atoms with Crippen LogP contribution in [0.15, 0.2) is 35.5 Å². The number of hydrogen-bond donors (Lipinski definition) is 1. The Kier molecular flexibility index (Phi) is 2.06. The zero-order valence-corrected chi connectivity index (χ0v) is 7.07. The molecule has 0 amide bonds. The van der Waals surface area contributed by atoms with E-state index in [1.165, 1.54) is 6.20 Å². The summed E-state index contributed by atoms with van der Waals surface area (Å²) in [6.45, 7) is 0. The number of nitrogens with zero attached hydrogens (tertiary/aromatic N) is 2. The largest absolute Gasteiger partial charge is 0.345 e. The number of rotatable bonds is 1. The number of H-pyrrole nitrogens is 1. The Hall–Kier alpha value is -2.04. The van der Waals surface area contributed by atoms with E-state index in [1.54, 1.807) is 18.3 Å². The Morgan fingerprint density at radius 1 is 1.36 bits per heavy atom. The molecule has 14 heavy (non-hydrogen) atoms. The lowest BCUT2D eigenvalue weighted by atomic mass is 10.2. The van der Waals surface area contributed by atoms with Gasteiger partial charge in [0.15, 0.2) is 5.82 Å². The zero-order chi connectivity index (χ0) is 9.97. The van der Waals surface area contributed by atoms with Gasteiger partial charge >= 0.3 is 5.69 Å². The van der Waals surface area contributed by atoms with Crippen LogP contribution >= 0.6 is 0 Å². The minimum absolute atomic E-state index is 0.109. The Labute approximate surface area is 78.5 Å². The van der Waals surface area contributed by atoms with E-state index in [-0.39, 0.29) is 5.69 Å². The van der Waals surface area contributed by atoms with Crippen molar-refractivity contribution in [2.24, 2.45) is 0 Å². The second-order valence-corrected chi connectivity index (χ2v) is 2.65. The molecular weight excluding hydrogens is 185 g/mol. The lowest BCUT2D eigenvalue weighted by molar-refractivity contribution is 0.615. The summed E-state index contributed by atoms with van der Waals surface area (Å²) in [5.74, 6) is -0.572. The highest BCUT2D eigenvalue weighted by Crippen LogP contribution is 2.15. The molecule has 0 aliphatic rings. The topological polar surface area (TPSA) is 58.6 Å². The Morgan fingerprint density at radius 3 is 2.93 bits per heavy atom. The molecule has 4 nitrogen and oxygen atoms in total. The maximum Gasteiger partial charge on any atom is 0.345 e. The molecule has 0 aliphatic heterocycles. The number of hydrogen-bond acceptors (Lipinski definition) is 3. The van der Waals surface area contributed by atoms with Crippen molar-refractivity contribution in [3.8, 4) is 11.3 Å². The second kappa shape index (κ2) is 3.37. The number of halogens is 1. The fraction of sp³-hybridized carbons (Fsp3) is 0. The van der Waals surface area contributed by atoms with Crippen LogP contribution in [0.5, 0.6) is 0 Å². The van der Waals surface area contributed by atoms with Crippen molar-refractivity contribution >= 4 is 0 Å². The van der Waals surface area contributed by atoms with E-state index in [4.69, 9.17) is 0 Å². The fourth-order valence-electron chi connectivity index (χ4n) is 1.10. The molecule has 0 bridgehead atoms. The summed E-state index contributed by atoms with van der Waals surface area (Å²) in [6, 6.07) is 3.31. The van der Waals surface area contributed by atoms with Crippen LogP contribution < -0.4 is 5.69 Å². The molecule has 0 aromatic carbocycles. The maximum absolute atomic E-state index is 13.2. The first-order valence-electron chi connectivity index (χ1n) is 3.92. The lowest BCUT2D eigenvalue weighted by Gasteiger charge is -2.00. The number of aromatic nitrogens is 3. The van der Waals surface area contributed by atoms with Crippen LogP contribution in [0.1, 0.15) is 0 Å². The van der Waals surface area contributed by atoms with Gasteiger partial charge in [-0.05, 0) is 12.1 Å². The molecule has 0 spiro atoms. The van der Waals surface area contributed by atoms with Gasteiger partial charge in [-0.15, -0.1) is 0 Å². The Balaban J connectivity index is 2.62.